The molecule has 0 aliphatic carbocycles. The van der Waals surface area contributed by atoms with Gasteiger partial charge in [0, 0.05) is 27.3 Å². The molecule has 2 N–H and O–H groups in total. The Bertz CT molecular complexity index is 799. The fourth-order valence-corrected chi connectivity index (χ4v) is 2.66. The van der Waals surface area contributed by atoms with Crippen molar-refractivity contribution in [3.8, 4) is 11.5 Å². The van der Waals surface area contributed by atoms with E-state index in [1.54, 1.807) is 36.4 Å². The molecule has 0 aliphatic rings. The molecule has 0 aliphatic heterocycles. The van der Waals surface area contributed by atoms with Gasteiger partial charge in [0.1, 0.15) is 6.10 Å². The number of hydrogen-bond donors (Lipinski definition) is 2. The molecule has 140 valence electrons. The highest BCUT2D eigenvalue weighted by atomic mass is 35.5. The molecule has 0 bridgehead atoms. The molecule has 6 heteroatoms. The summed E-state index contributed by atoms with van der Waals surface area (Å²) in [5.74, 6) is 0.771. The van der Waals surface area contributed by atoms with Crippen LogP contribution in [0.2, 0.25) is 5.02 Å². The summed E-state index contributed by atoms with van der Waals surface area (Å²) in [6.07, 6.45) is -1.06. The van der Waals surface area contributed by atoms with Crippen LogP contribution in [0.1, 0.15) is 38.0 Å². The van der Waals surface area contributed by atoms with E-state index in [2.05, 4.69) is 5.32 Å². The number of amides is 1. The SMILES string of the molecule is COc1cccc([C@H](O)c2cc(Cl)ccc2NC(=O)C(C)(C)C)c1OC. The number of rotatable bonds is 5. The first-order valence-corrected chi connectivity index (χ1v) is 8.56. The third-order valence-corrected chi connectivity index (χ3v) is 4.20. The minimum Gasteiger partial charge on any atom is -0.493 e. The summed E-state index contributed by atoms with van der Waals surface area (Å²) in [5, 5.41) is 14.3. The average molecular weight is 378 g/mol. The molecule has 0 radical (unpaired) electrons. The van der Waals surface area contributed by atoms with Gasteiger partial charge >= 0.3 is 0 Å². The number of para-hydroxylation sites is 1. The van der Waals surface area contributed by atoms with Crippen molar-refractivity contribution in [3.05, 3.63) is 52.5 Å². The van der Waals surface area contributed by atoms with Gasteiger partial charge in [-0.25, -0.2) is 0 Å². The molecule has 2 rings (SSSR count). The van der Waals surface area contributed by atoms with Crippen LogP contribution in [-0.4, -0.2) is 25.2 Å². The Balaban J connectivity index is 2.51. The van der Waals surface area contributed by atoms with Crippen molar-refractivity contribution in [1.82, 2.24) is 0 Å². The summed E-state index contributed by atoms with van der Waals surface area (Å²) in [7, 11) is 3.04. The molecule has 0 fully saturated rings. The molecule has 1 atom stereocenters. The van der Waals surface area contributed by atoms with Crippen LogP contribution < -0.4 is 14.8 Å². The maximum atomic E-state index is 12.4. The average Bonchev–Trinajstić information content (AvgIpc) is 2.60. The maximum Gasteiger partial charge on any atom is 0.229 e. The zero-order chi connectivity index (χ0) is 19.5. The number of methoxy groups -OCH3 is 2. The van der Waals surface area contributed by atoms with Crippen LogP contribution in [0.3, 0.4) is 0 Å². The molecule has 2 aromatic rings. The number of benzene rings is 2. The van der Waals surface area contributed by atoms with Gasteiger partial charge in [-0.15, -0.1) is 0 Å². The van der Waals surface area contributed by atoms with E-state index in [9.17, 15) is 9.90 Å². The summed E-state index contributed by atoms with van der Waals surface area (Å²) in [6, 6.07) is 10.2. The zero-order valence-electron chi connectivity index (χ0n) is 15.6. The first-order chi connectivity index (χ1) is 12.2. The third kappa shape index (κ3) is 4.29. The second-order valence-electron chi connectivity index (χ2n) is 6.92. The predicted octanol–water partition coefficient (Wildman–Crippen LogP) is 4.42. The Hall–Kier alpha value is -2.24. The molecule has 5 nitrogen and oxygen atoms in total. The fourth-order valence-electron chi connectivity index (χ4n) is 2.48. The topological polar surface area (TPSA) is 67.8 Å². The van der Waals surface area contributed by atoms with Gasteiger partial charge in [-0.1, -0.05) is 44.5 Å². The summed E-state index contributed by atoms with van der Waals surface area (Å²) < 4.78 is 10.7. The number of anilines is 1. The van der Waals surface area contributed by atoms with Gasteiger partial charge < -0.3 is 19.9 Å². The van der Waals surface area contributed by atoms with Crippen LogP contribution in [0.5, 0.6) is 11.5 Å². The predicted molar refractivity (Wildman–Crippen MR) is 103 cm³/mol. The Morgan fingerprint density at radius 1 is 1.12 bits per heavy atom. The van der Waals surface area contributed by atoms with Crippen molar-refractivity contribution >= 4 is 23.2 Å². The lowest BCUT2D eigenvalue weighted by atomic mass is 9.94. The lowest BCUT2D eigenvalue weighted by Crippen LogP contribution is -2.28. The third-order valence-electron chi connectivity index (χ3n) is 3.97. The van der Waals surface area contributed by atoms with Crippen LogP contribution in [-0.2, 0) is 4.79 Å². The van der Waals surface area contributed by atoms with E-state index >= 15 is 0 Å². The molecular weight excluding hydrogens is 354 g/mol. The Morgan fingerprint density at radius 3 is 2.38 bits per heavy atom. The van der Waals surface area contributed by atoms with Gasteiger partial charge in [0.15, 0.2) is 11.5 Å². The highest BCUT2D eigenvalue weighted by Crippen LogP contribution is 2.39. The molecule has 0 spiro atoms. The monoisotopic (exact) mass is 377 g/mol. The number of ether oxygens (including phenoxy) is 2. The first kappa shape index (κ1) is 20.1. The van der Waals surface area contributed by atoms with Gasteiger partial charge in [-0.05, 0) is 24.3 Å². The summed E-state index contributed by atoms with van der Waals surface area (Å²) in [6.45, 7) is 5.46. The lowest BCUT2D eigenvalue weighted by molar-refractivity contribution is -0.123. The largest absolute Gasteiger partial charge is 0.493 e. The van der Waals surface area contributed by atoms with Crippen molar-refractivity contribution in [2.24, 2.45) is 5.41 Å². The van der Waals surface area contributed by atoms with E-state index in [1.165, 1.54) is 14.2 Å². The smallest absolute Gasteiger partial charge is 0.229 e. The summed E-state index contributed by atoms with van der Waals surface area (Å²) >= 11 is 6.13. The standard InChI is InChI=1S/C20H24ClNO4/c1-20(2,3)19(24)22-15-10-9-12(21)11-14(15)17(23)13-7-6-8-16(25-4)18(13)26-5/h6-11,17,23H,1-5H3,(H,22,24)/t17-/m0/s1. The normalized spacial score (nSPS) is 12.4. The van der Waals surface area contributed by atoms with Crippen LogP contribution in [0.4, 0.5) is 5.69 Å². The second-order valence-corrected chi connectivity index (χ2v) is 7.36. The van der Waals surface area contributed by atoms with E-state index in [-0.39, 0.29) is 5.91 Å². The summed E-state index contributed by atoms with van der Waals surface area (Å²) in [4.78, 5) is 12.4. The lowest BCUT2D eigenvalue weighted by Gasteiger charge is -2.23. The number of aliphatic hydroxyl groups is 1. The Labute approximate surface area is 158 Å². The number of halogens is 1. The van der Waals surface area contributed by atoms with Crippen molar-refractivity contribution in [2.45, 2.75) is 26.9 Å². The number of carbonyl (C=O) groups is 1. The van der Waals surface area contributed by atoms with Crippen LogP contribution in [0, 0.1) is 5.41 Å². The van der Waals surface area contributed by atoms with E-state index in [1.807, 2.05) is 20.8 Å². The molecule has 0 unspecified atom stereocenters. The van der Waals surface area contributed by atoms with E-state index in [0.717, 1.165) is 0 Å². The minimum absolute atomic E-state index is 0.161. The van der Waals surface area contributed by atoms with Gasteiger partial charge in [0.2, 0.25) is 5.91 Å². The van der Waals surface area contributed by atoms with Crippen molar-refractivity contribution in [1.29, 1.82) is 0 Å². The van der Waals surface area contributed by atoms with Crippen LogP contribution >= 0.6 is 11.6 Å². The molecule has 1 amide bonds. The number of aliphatic hydroxyl groups excluding tert-OH is 1. The molecule has 0 heterocycles. The molecule has 2 aromatic carbocycles. The Morgan fingerprint density at radius 2 is 1.81 bits per heavy atom. The molecule has 0 aromatic heterocycles. The number of hydrogen-bond acceptors (Lipinski definition) is 4. The quantitative estimate of drug-likeness (QED) is 0.809. The van der Waals surface area contributed by atoms with Gasteiger partial charge in [-0.3, -0.25) is 4.79 Å². The molecule has 26 heavy (non-hydrogen) atoms. The first-order valence-electron chi connectivity index (χ1n) is 8.19. The molecular formula is C20H24ClNO4. The Kier molecular flexibility index (Phi) is 6.16. The van der Waals surface area contributed by atoms with Crippen molar-refractivity contribution in [2.75, 3.05) is 19.5 Å². The zero-order valence-corrected chi connectivity index (χ0v) is 16.3. The van der Waals surface area contributed by atoms with E-state index in [0.29, 0.717) is 33.3 Å². The second kappa shape index (κ2) is 7.98. The number of carbonyl (C=O) groups excluding carboxylic acids is 1. The van der Waals surface area contributed by atoms with Crippen LogP contribution in [0.25, 0.3) is 0 Å². The molecule has 0 saturated heterocycles. The van der Waals surface area contributed by atoms with Gasteiger partial charge in [0.25, 0.3) is 0 Å². The summed E-state index contributed by atoms with van der Waals surface area (Å²) in [5.41, 5.74) is 0.906. The minimum atomic E-state index is -1.06. The highest BCUT2D eigenvalue weighted by Gasteiger charge is 2.25. The molecule has 0 saturated carbocycles. The van der Waals surface area contributed by atoms with Crippen LogP contribution in [0.15, 0.2) is 36.4 Å². The highest BCUT2D eigenvalue weighted by molar-refractivity contribution is 6.30. The number of nitrogens with one attached hydrogen (secondary N) is 1. The van der Waals surface area contributed by atoms with Crippen molar-refractivity contribution in [3.63, 3.8) is 0 Å². The van der Waals surface area contributed by atoms with Gasteiger partial charge in [0.05, 0.1) is 14.2 Å². The van der Waals surface area contributed by atoms with E-state index < -0.39 is 11.5 Å². The van der Waals surface area contributed by atoms with Crippen molar-refractivity contribution < 1.29 is 19.4 Å². The fraction of sp³-hybridized carbons (Fsp3) is 0.350. The maximum absolute atomic E-state index is 12.4. The van der Waals surface area contributed by atoms with E-state index in [4.69, 9.17) is 21.1 Å². The van der Waals surface area contributed by atoms with Gasteiger partial charge in [-0.2, -0.15) is 0 Å².